The summed E-state index contributed by atoms with van der Waals surface area (Å²) in [6.07, 6.45) is 5.26. The van der Waals surface area contributed by atoms with Gasteiger partial charge in [0, 0.05) is 23.5 Å². The second kappa shape index (κ2) is 6.37. The number of aromatic nitrogens is 2. The van der Waals surface area contributed by atoms with Crippen molar-refractivity contribution in [2.24, 2.45) is 5.92 Å². The van der Waals surface area contributed by atoms with Crippen LogP contribution in [-0.2, 0) is 0 Å². The quantitative estimate of drug-likeness (QED) is 0.675. The van der Waals surface area contributed by atoms with Crippen LogP contribution in [0.3, 0.4) is 0 Å². The molecular formula is C19H21N5S. The van der Waals surface area contributed by atoms with Crippen molar-refractivity contribution < 1.29 is 0 Å². The molecule has 6 heteroatoms. The maximum atomic E-state index is 4.55. The first kappa shape index (κ1) is 15.3. The molecule has 2 aromatic heterocycles. The fourth-order valence-corrected chi connectivity index (χ4v) is 5.04. The molecule has 3 N–H and O–H groups in total. The summed E-state index contributed by atoms with van der Waals surface area (Å²) in [7, 11) is 0. The molecule has 5 nitrogen and oxygen atoms in total. The maximum Gasteiger partial charge on any atom is 0.138 e. The molecule has 1 aromatic carbocycles. The second-order valence-corrected chi connectivity index (χ2v) is 7.99. The lowest BCUT2D eigenvalue weighted by molar-refractivity contribution is 0.314. The predicted octanol–water partition coefficient (Wildman–Crippen LogP) is 3.42. The Morgan fingerprint density at radius 2 is 2.04 bits per heavy atom. The third kappa shape index (κ3) is 2.90. The number of hydrazine groups is 1. The highest BCUT2D eigenvalue weighted by molar-refractivity contribution is 7.21. The minimum absolute atomic E-state index is 0.487. The van der Waals surface area contributed by atoms with Gasteiger partial charge >= 0.3 is 0 Å². The lowest BCUT2D eigenvalue weighted by atomic mass is 9.83. The smallest absolute Gasteiger partial charge is 0.138 e. The third-order valence-electron chi connectivity index (χ3n) is 5.36. The molecule has 3 aromatic rings. The van der Waals surface area contributed by atoms with Gasteiger partial charge in [-0.15, -0.1) is 11.3 Å². The Morgan fingerprint density at radius 3 is 2.96 bits per heavy atom. The molecule has 1 aliphatic carbocycles. The Labute approximate surface area is 150 Å². The van der Waals surface area contributed by atoms with Crippen molar-refractivity contribution in [2.75, 3.05) is 11.9 Å². The Balaban J connectivity index is 1.42. The van der Waals surface area contributed by atoms with Crippen molar-refractivity contribution >= 4 is 27.4 Å². The van der Waals surface area contributed by atoms with E-state index in [-0.39, 0.29) is 0 Å². The third-order valence-corrected chi connectivity index (χ3v) is 6.45. The number of rotatable bonds is 3. The van der Waals surface area contributed by atoms with Gasteiger partial charge in [0.1, 0.15) is 17.0 Å². The van der Waals surface area contributed by atoms with Crippen LogP contribution in [0.15, 0.2) is 42.7 Å². The van der Waals surface area contributed by atoms with E-state index in [1.807, 2.05) is 6.07 Å². The number of hydrogen-bond acceptors (Lipinski definition) is 6. The fourth-order valence-electron chi connectivity index (χ4n) is 4.04. The predicted molar refractivity (Wildman–Crippen MR) is 103 cm³/mol. The first-order chi connectivity index (χ1) is 12.4. The number of hydrogen-bond donors (Lipinski definition) is 3. The lowest BCUT2D eigenvalue weighted by Gasteiger charge is -2.31. The zero-order chi connectivity index (χ0) is 16.6. The van der Waals surface area contributed by atoms with E-state index in [1.165, 1.54) is 29.7 Å². The Hall–Kier alpha value is -2.02. The SMILES string of the molecule is c1ccc(-c2cc3c(NC4CCC5NNCC5C4)ncnc3s2)cc1. The molecule has 0 bridgehead atoms. The van der Waals surface area contributed by atoms with Gasteiger partial charge in [-0.25, -0.2) is 9.97 Å². The normalized spacial score (nSPS) is 25.8. The molecule has 1 saturated carbocycles. The average molecular weight is 351 g/mol. The van der Waals surface area contributed by atoms with Crippen LogP contribution in [0.2, 0.25) is 0 Å². The topological polar surface area (TPSA) is 61.9 Å². The zero-order valence-electron chi connectivity index (χ0n) is 13.9. The summed E-state index contributed by atoms with van der Waals surface area (Å²) in [4.78, 5) is 11.3. The molecule has 0 radical (unpaired) electrons. The zero-order valence-corrected chi connectivity index (χ0v) is 14.7. The maximum absolute atomic E-state index is 4.55. The van der Waals surface area contributed by atoms with Crippen LogP contribution in [0.25, 0.3) is 20.7 Å². The molecule has 2 fully saturated rings. The van der Waals surface area contributed by atoms with Crippen LogP contribution in [0.1, 0.15) is 19.3 Å². The van der Waals surface area contributed by atoms with Crippen LogP contribution in [0.5, 0.6) is 0 Å². The van der Waals surface area contributed by atoms with Crippen LogP contribution >= 0.6 is 11.3 Å². The van der Waals surface area contributed by atoms with Crippen LogP contribution in [-0.4, -0.2) is 28.6 Å². The standard InChI is InChI=1S/C19H21N5S/c1-2-4-12(5-3-1)17-9-15-18(20-11-21-19(15)25-17)23-14-6-7-16-13(8-14)10-22-24-16/h1-5,9,11,13-14,16,22,24H,6-8,10H2,(H,20,21,23). The number of benzene rings is 1. The highest BCUT2D eigenvalue weighted by atomic mass is 32.1. The molecule has 25 heavy (non-hydrogen) atoms. The van der Waals surface area contributed by atoms with Crippen molar-refractivity contribution in [1.29, 1.82) is 0 Å². The van der Waals surface area contributed by atoms with Gasteiger partial charge < -0.3 is 5.32 Å². The van der Waals surface area contributed by atoms with E-state index in [0.717, 1.165) is 22.6 Å². The van der Waals surface area contributed by atoms with Gasteiger partial charge in [0.05, 0.1) is 5.39 Å². The van der Waals surface area contributed by atoms with Gasteiger partial charge in [-0.05, 0) is 36.8 Å². The van der Waals surface area contributed by atoms with Gasteiger partial charge in [-0.3, -0.25) is 10.9 Å². The van der Waals surface area contributed by atoms with Gasteiger partial charge in [0.2, 0.25) is 0 Å². The lowest BCUT2D eigenvalue weighted by Crippen LogP contribution is -2.39. The van der Waals surface area contributed by atoms with Gasteiger partial charge in [-0.1, -0.05) is 30.3 Å². The molecule has 3 heterocycles. The summed E-state index contributed by atoms with van der Waals surface area (Å²) >= 11 is 1.73. The fraction of sp³-hybridized carbons (Fsp3) is 0.368. The Kier molecular flexibility index (Phi) is 3.88. The molecule has 128 valence electrons. The van der Waals surface area contributed by atoms with Crippen molar-refractivity contribution in [3.05, 3.63) is 42.7 Å². The van der Waals surface area contributed by atoms with Gasteiger partial charge in [-0.2, -0.15) is 0 Å². The first-order valence-corrected chi connectivity index (χ1v) is 9.73. The molecular weight excluding hydrogens is 330 g/mol. The molecule has 2 aliphatic rings. The Morgan fingerprint density at radius 1 is 1.12 bits per heavy atom. The minimum atomic E-state index is 0.487. The summed E-state index contributed by atoms with van der Waals surface area (Å²) in [5.74, 6) is 1.69. The highest BCUT2D eigenvalue weighted by Gasteiger charge is 2.33. The van der Waals surface area contributed by atoms with Crippen LogP contribution < -0.4 is 16.2 Å². The van der Waals surface area contributed by atoms with Crippen molar-refractivity contribution in [3.63, 3.8) is 0 Å². The molecule has 1 aliphatic heterocycles. The summed E-state index contributed by atoms with van der Waals surface area (Å²) < 4.78 is 0. The number of fused-ring (bicyclic) bond motifs is 2. The van der Waals surface area contributed by atoms with Crippen LogP contribution in [0.4, 0.5) is 5.82 Å². The highest BCUT2D eigenvalue weighted by Crippen LogP contribution is 2.36. The molecule has 0 spiro atoms. The van der Waals surface area contributed by atoms with E-state index in [0.29, 0.717) is 18.0 Å². The summed E-state index contributed by atoms with van der Waals surface area (Å²) in [5.41, 5.74) is 7.93. The molecule has 3 atom stereocenters. The summed E-state index contributed by atoms with van der Waals surface area (Å²) in [6, 6.07) is 13.8. The van der Waals surface area contributed by atoms with E-state index in [4.69, 9.17) is 0 Å². The average Bonchev–Trinajstić information content (AvgIpc) is 3.29. The van der Waals surface area contributed by atoms with Crippen molar-refractivity contribution in [3.8, 4) is 10.4 Å². The monoisotopic (exact) mass is 351 g/mol. The van der Waals surface area contributed by atoms with E-state index in [1.54, 1.807) is 17.7 Å². The first-order valence-electron chi connectivity index (χ1n) is 8.92. The van der Waals surface area contributed by atoms with Crippen molar-refractivity contribution in [2.45, 2.75) is 31.3 Å². The van der Waals surface area contributed by atoms with Gasteiger partial charge in [0.15, 0.2) is 0 Å². The molecule has 1 saturated heterocycles. The van der Waals surface area contributed by atoms with E-state index >= 15 is 0 Å². The number of anilines is 1. The van der Waals surface area contributed by atoms with Crippen LogP contribution in [0, 0.1) is 5.92 Å². The number of nitrogens with zero attached hydrogens (tertiary/aromatic N) is 2. The number of thiophene rings is 1. The van der Waals surface area contributed by atoms with E-state index in [9.17, 15) is 0 Å². The minimum Gasteiger partial charge on any atom is -0.367 e. The van der Waals surface area contributed by atoms with E-state index in [2.05, 4.69) is 56.5 Å². The van der Waals surface area contributed by atoms with E-state index < -0.39 is 0 Å². The molecule has 0 amide bonds. The molecule has 3 unspecified atom stereocenters. The van der Waals surface area contributed by atoms with Gasteiger partial charge in [0.25, 0.3) is 0 Å². The largest absolute Gasteiger partial charge is 0.367 e. The molecule has 5 rings (SSSR count). The Bertz CT molecular complexity index is 878. The van der Waals surface area contributed by atoms with Crippen molar-refractivity contribution in [1.82, 2.24) is 20.8 Å². The second-order valence-electron chi connectivity index (χ2n) is 6.96. The summed E-state index contributed by atoms with van der Waals surface area (Å²) in [5, 5.41) is 4.84. The number of nitrogens with one attached hydrogen (secondary N) is 3. The summed E-state index contributed by atoms with van der Waals surface area (Å²) in [6.45, 7) is 1.07.